The summed E-state index contributed by atoms with van der Waals surface area (Å²) in [6, 6.07) is 13.5. The van der Waals surface area contributed by atoms with Gasteiger partial charge in [0.05, 0.1) is 12.3 Å². The van der Waals surface area contributed by atoms with E-state index in [-0.39, 0.29) is 29.9 Å². The van der Waals surface area contributed by atoms with Crippen molar-refractivity contribution < 1.29 is 14.0 Å². The van der Waals surface area contributed by atoms with Crippen LogP contribution in [0.1, 0.15) is 11.1 Å². The van der Waals surface area contributed by atoms with Gasteiger partial charge in [0.2, 0.25) is 11.8 Å². The molecule has 2 amide bonds. The molecule has 24 heavy (non-hydrogen) atoms. The molecule has 2 rings (SSSR count). The molecule has 0 bridgehead atoms. The molecule has 6 heteroatoms. The minimum atomic E-state index is -0.369. The number of hydrogen-bond donors (Lipinski definition) is 2. The lowest BCUT2D eigenvalue weighted by molar-refractivity contribution is -0.122. The van der Waals surface area contributed by atoms with E-state index >= 15 is 0 Å². The monoisotopic (exact) mass is 346 g/mol. The molecule has 0 aliphatic heterocycles. The Kier molecular flexibility index (Phi) is 6.81. The summed E-state index contributed by atoms with van der Waals surface area (Å²) >= 11 is 1.50. The first-order chi connectivity index (χ1) is 11.5. The Morgan fingerprint density at radius 1 is 1.04 bits per heavy atom. The summed E-state index contributed by atoms with van der Waals surface area (Å²) in [7, 11) is 0. The molecule has 0 aromatic heterocycles. The van der Waals surface area contributed by atoms with Gasteiger partial charge in [-0.05, 0) is 42.3 Å². The standard InChI is InChI=1S/C18H19FN2O2S/c1-13-4-2-3-5-14(13)11-24-12-18(23)20-10-17(22)21-16-8-6-15(19)7-9-16/h2-9H,10-12H2,1H3,(H,20,23)(H,21,22). The molecule has 0 aliphatic rings. The van der Waals surface area contributed by atoms with Crippen molar-refractivity contribution in [2.75, 3.05) is 17.6 Å². The van der Waals surface area contributed by atoms with E-state index in [4.69, 9.17) is 0 Å². The predicted molar refractivity (Wildman–Crippen MR) is 95.4 cm³/mol. The number of halogens is 1. The van der Waals surface area contributed by atoms with Gasteiger partial charge in [-0.15, -0.1) is 11.8 Å². The second kappa shape index (κ2) is 9.08. The number of benzene rings is 2. The summed E-state index contributed by atoms with van der Waals surface area (Å²) in [6.45, 7) is 1.93. The Morgan fingerprint density at radius 3 is 2.46 bits per heavy atom. The van der Waals surface area contributed by atoms with Gasteiger partial charge in [-0.1, -0.05) is 24.3 Å². The minimum Gasteiger partial charge on any atom is -0.346 e. The van der Waals surface area contributed by atoms with E-state index in [2.05, 4.69) is 10.6 Å². The van der Waals surface area contributed by atoms with Crippen LogP contribution < -0.4 is 10.6 Å². The van der Waals surface area contributed by atoms with Crippen molar-refractivity contribution in [1.29, 1.82) is 0 Å². The summed E-state index contributed by atoms with van der Waals surface area (Å²) in [5, 5.41) is 5.16. The van der Waals surface area contributed by atoms with E-state index < -0.39 is 0 Å². The number of carbonyl (C=O) groups is 2. The number of amides is 2. The zero-order chi connectivity index (χ0) is 17.4. The first kappa shape index (κ1) is 18.0. The normalized spacial score (nSPS) is 10.2. The molecule has 2 N–H and O–H groups in total. The van der Waals surface area contributed by atoms with E-state index in [0.717, 1.165) is 5.75 Å². The van der Waals surface area contributed by atoms with Crippen molar-refractivity contribution in [2.45, 2.75) is 12.7 Å². The lowest BCUT2D eigenvalue weighted by Gasteiger charge is -2.08. The fraction of sp³-hybridized carbons (Fsp3) is 0.222. The predicted octanol–water partition coefficient (Wildman–Crippen LogP) is 3.12. The third kappa shape index (κ3) is 6.04. The minimum absolute atomic E-state index is 0.110. The molecule has 0 atom stereocenters. The summed E-state index contributed by atoms with van der Waals surface area (Å²) in [5.41, 5.74) is 2.89. The van der Waals surface area contributed by atoms with Gasteiger partial charge in [0, 0.05) is 11.4 Å². The van der Waals surface area contributed by atoms with Crippen molar-refractivity contribution >= 4 is 29.3 Å². The number of anilines is 1. The highest BCUT2D eigenvalue weighted by atomic mass is 32.2. The molecule has 0 spiro atoms. The average molecular weight is 346 g/mol. The number of aryl methyl sites for hydroxylation is 1. The van der Waals surface area contributed by atoms with Crippen LogP contribution in [0.15, 0.2) is 48.5 Å². The average Bonchev–Trinajstić information content (AvgIpc) is 2.57. The van der Waals surface area contributed by atoms with Crippen LogP contribution in [0, 0.1) is 12.7 Å². The van der Waals surface area contributed by atoms with Crippen molar-refractivity contribution in [3.63, 3.8) is 0 Å². The first-order valence-electron chi connectivity index (χ1n) is 7.49. The zero-order valence-corrected chi connectivity index (χ0v) is 14.2. The highest BCUT2D eigenvalue weighted by Gasteiger charge is 2.07. The Bertz CT molecular complexity index is 704. The van der Waals surface area contributed by atoms with Crippen molar-refractivity contribution in [3.05, 3.63) is 65.5 Å². The third-order valence-corrected chi connectivity index (χ3v) is 4.31. The second-order valence-electron chi connectivity index (χ2n) is 5.25. The van der Waals surface area contributed by atoms with Gasteiger partial charge in [-0.3, -0.25) is 9.59 Å². The van der Waals surface area contributed by atoms with Crippen LogP contribution in [0.25, 0.3) is 0 Å². The maximum Gasteiger partial charge on any atom is 0.243 e. The van der Waals surface area contributed by atoms with E-state index in [1.54, 1.807) is 0 Å². The summed E-state index contributed by atoms with van der Waals surface area (Å²) in [4.78, 5) is 23.5. The van der Waals surface area contributed by atoms with E-state index in [0.29, 0.717) is 5.69 Å². The maximum absolute atomic E-state index is 12.8. The quantitative estimate of drug-likeness (QED) is 0.810. The summed E-state index contributed by atoms with van der Waals surface area (Å²) < 4.78 is 12.8. The van der Waals surface area contributed by atoms with Gasteiger partial charge >= 0.3 is 0 Å². The van der Waals surface area contributed by atoms with E-state index in [1.807, 2.05) is 31.2 Å². The Hall–Kier alpha value is -2.34. The molecule has 0 saturated carbocycles. The molecule has 0 aliphatic carbocycles. The molecular formula is C18H19FN2O2S. The van der Waals surface area contributed by atoms with Gasteiger partial charge in [-0.2, -0.15) is 0 Å². The number of rotatable bonds is 7. The van der Waals surface area contributed by atoms with Crippen molar-refractivity contribution in [2.24, 2.45) is 0 Å². The molecular weight excluding hydrogens is 327 g/mol. The van der Waals surface area contributed by atoms with Crippen molar-refractivity contribution in [1.82, 2.24) is 5.32 Å². The maximum atomic E-state index is 12.8. The third-order valence-electron chi connectivity index (χ3n) is 3.33. The lowest BCUT2D eigenvalue weighted by atomic mass is 10.1. The van der Waals surface area contributed by atoms with Crippen LogP contribution in [0.4, 0.5) is 10.1 Å². The zero-order valence-electron chi connectivity index (χ0n) is 13.3. The molecule has 4 nitrogen and oxygen atoms in total. The molecule has 2 aromatic rings. The summed E-state index contributed by atoms with van der Waals surface area (Å²) in [6.07, 6.45) is 0. The molecule has 0 saturated heterocycles. The molecule has 126 valence electrons. The first-order valence-corrected chi connectivity index (χ1v) is 8.64. The van der Waals surface area contributed by atoms with Crippen LogP contribution in [-0.2, 0) is 15.3 Å². The van der Waals surface area contributed by atoms with Crippen LogP contribution >= 0.6 is 11.8 Å². The largest absolute Gasteiger partial charge is 0.346 e. The van der Waals surface area contributed by atoms with Gasteiger partial charge in [0.1, 0.15) is 5.82 Å². The highest BCUT2D eigenvalue weighted by molar-refractivity contribution is 7.99. The Morgan fingerprint density at radius 2 is 1.75 bits per heavy atom. The number of thioether (sulfide) groups is 1. The van der Waals surface area contributed by atoms with E-state index in [9.17, 15) is 14.0 Å². The summed E-state index contributed by atoms with van der Waals surface area (Å²) in [5.74, 6) is 0.133. The van der Waals surface area contributed by atoms with Crippen LogP contribution in [0.3, 0.4) is 0 Å². The van der Waals surface area contributed by atoms with Crippen molar-refractivity contribution in [3.8, 4) is 0 Å². The van der Waals surface area contributed by atoms with Gasteiger partial charge in [0.15, 0.2) is 0 Å². The molecule has 2 aromatic carbocycles. The van der Waals surface area contributed by atoms with Gasteiger partial charge in [-0.25, -0.2) is 4.39 Å². The van der Waals surface area contributed by atoms with Gasteiger partial charge in [0.25, 0.3) is 0 Å². The molecule has 0 radical (unpaired) electrons. The van der Waals surface area contributed by atoms with E-state index in [1.165, 1.54) is 47.2 Å². The molecule has 0 heterocycles. The Labute approximate surface area is 144 Å². The van der Waals surface area contributed by atoms with Crippen LogP contribution in [-0.4, -0.2) is 24.1 Å². The van der Waals surface area contributed by atoms with Gasteiger partial charge < -0.3 is 10.6 Å². The number of nitrogens with one attached hydrogen (secondary N) is 2. The fourth-order valence-corrected chi connectivity index (χ4v) is 2.93. The smallest absolute Gasteiger partial charge is 0.243 e. The Balaban J connectivity index is 1.66. The highest BCUT2D eigenvalue weighted by Crippen LogP contribution is 2.15. The van der Waals surface area contributed by atoms with Crippen LogP contribution in [0.5, 0.6) is 0 Å². The molecule has 0 fully saturated rings. The molecule has 0 unspecified atom stereocenters. The lowest BCUT2D eigenvalue weighted by Crippen LogP contribution is -2.33. The fourth-order valence-electron chi connectivity index (χ4n) is 1.99. The SMILES string of the molecule is Cc1ccccc1CSCC(=O)NCC(=O)Nc1ccc(F)cc1. The number of hydrogen-bond acceptors (Lipinski definition) is 3. The van der Waals surface area contributed by atoms with Crippen LogP contribution in [0.2, 0.25) is 0 Å². The topological polar surface area (TPSA) is 58.2 Å². The second-order valence-corrected chi connectivity index (χ2v) is 6.24. The number of carbonyl (C=O) groups excluding carboxylic acids is 2.